The predicted octanol–water partition coefficient (Wildman–Crippen LogP) is 1.67. The third-order valence-corrected chi connectivity index (χ3v) is 2.28. The molecular weight excluding hydrogens is 244 g/mol. The summed E-state index contributed by atoms with van der Waals surface area (Å²) < 4.78 is 2.76. The molecular formula is C9H9BrN4. The molecule has 0 aliphatic carbocycles. The molecule has 2 rings (SSSR count). The molecule has 1 aromatic heterocycles. The highest BCUT2D eigenvalue weighted by atomic mass is 79.9. The van der Waals surface area contributed by atoms with E-state index < -0.39 is 0 Å². The van der Waals surface area contributed by atoms with Gasteiger partial charge >= 0.3 is 0 Å². The second-order valence-corrected chi connectivity index (χ2v) is 3.89. The summed E-state index contributed by atoms with van der Waals surface area (Å²) in [7, 11) is 0. The molecule has 0 saturated carbocycles. The minimum Gasteiger partial charge on any atom is -0.381 e. The lowest BCUT2D eigenvalue weighted by atomic mass is 10.2. The molecule has 0 spiro atoms. The molecule has 1 heterocycles. The van der Waals surface area contributed by atoms with E-state index in [2.05, 4.69) is 26.2 Å². The Morgan fingerprint density at radius 2 is 2.29 bits per heavy atom. The Kier molecular flexibility index (Phi) is 2.49. The highest BCUT2D eigenvalue weighted by molar-refractivity contribution is 9.10. The van der Waals surface area contributed by atoms with Crippen molar-refractivity contribution in [3.8, 4) is 0 Å². The van der Waals surface area contributed by atoms with Gasteiger partial charge in [0.05, 0.1) is 12.7 Å². The van der Waals surface area contributed by atoms with E-state index in [0.717, 1.165) is 10.0 Å². The zero-order valence-electron chi connectivity index (χ0n) is 7.39. The number of hydrogen-bond acceptors (Lipinski definition) is 3. The number of halogens is 1. The number of nitrogens with zero attached hydrogens (tertiary/aromatic N) is 3. The molecule has 0 atom stereocenters. The van der Waals surface area contributed by atoms with Gasteiger partial charge < -0.3 is 5.73 Å². The maximum absolute atomic E-state index is 5.46. The van der Waals surface area contributed by atoms with Gasteiger partial charge in [-0.05, 0) is 17.7 Å². The van der Waals surface area contributed by atoms with Gasteiger partial charge in [0.2, 0.25) is 0 Å². The quantitative estimate of drug-likeness (QED) is 0.885. The van der Waals surface area contributed by atoms with Gasteiger partial charge in [-0.15, -0.1) is 5.10 Å². The summed E-state index contributed by atoms with van der Waals surface area (Å²) in [6.07, 6.45) is 1.71. The predicted molar refractivity (Wildman–Crippen MR) is 57.7 cm³/mol. The van der Waals surface area contributed by atoms with Crippen LogP contribution in [0.2, 0.25) is 0 Å². The van der Waals surface area contributed by atoms with Crippen LogP contribution in [-0.4, -0.2) is 15.0 Å². The first-order valence-corrected chi connectivity index (χ1v) is 4.93. The molecule has 0 saturated heterocycles. The third kappa shape index (κ3) is 2.11. The highest BCUT2D eigenvalue weighted by Crippen LogP contribution is 2.12. The van der Waals surface area contributed by atoms with Crippen LogP contribution < -0.4 is 5.73 Å². The molecule has 0 radical (unpaired) electrons. The fraction of sp³-hybridized carbons (Fsp3) is 0.111. The standard InChI is InChI=1S/C9H9BrN4/c10-8-3-1-2-7(4-8)5-14-6-9(11)12-13-14/h1-4,6H,5,11H2. The number of benzene rings is 1. The number of anilines is 1. The van der Waals surface area contributed by atoms with Crippen LogP contribution in [0.25, 0.3) is 0 Å². The van der Waals surface area contributed by atoms with Crippen LogP contribution in [0.15, 0.2) is 34.9 Å². The van der Waals surface area contributed by atoms with Gasteiger partial charge in [0.25, 0.3) is 0 Å². The van der Waals surface area contributed by atoms with E-state index in [1.54, 1.807) is 10.9 Å². The molecule has 5 heteroatoms. The molecule has 0 aliphatic heterocycles. The number of rotatable bonds is 2. The van der Waals surface area contributed by atoms with Crippen LogP contribution >= 0.6 is 15.9 Å². The Labute approximate surface area is 89.9 Å². The fourth-order valence-corrected chi connectivity index (χ4v) is 1.66. The number of nitrogen functional groups attached to an aromatic ring is 1. The van der Waals surface area contributed by atoms with Crippen LogP contribution in [0.4, 0.5) is 5.82 Å². The van der Waals surface area contributed by atoms with Crippen molar-refractivity contribution in [2.45, 2.75) is 6.54 Å². The fourth-order valence-electron chi connectivity index (χ4n) is 1.21. The second kappa shape index (κ2) is 3.79. The van der Waals surface area contributed by atoms with Crippen LogP contribution in [0.3, 0.4) is 0 Å². The maximum Gasteiger partial charge on any atom is 0.165 e. The average Bonchev–Trinajstić information content (AvgIpc) is 2.51. The molecule has 4 nitrogen and oxygen atoms in total. The van der Waals surface area contributed by atoms with Crippen molar-refractivity contribution in [1.82, 2.24) is 15.0 Å². The summed E-state index contributed by atoms with van der Waals surface area (Å²) in [5, 5.41) is 7.58. The molecule has 72 valence electrons. The van der Waals surface area contributed by atoms with Crippen molar-refractivity contribution in [1.29, 1.82) is 0 Å². The van der Waals surface area contributed by atoms with Crippen molar-refractivity contribution in [3.63, 3.8) is 0 Å². The van der Waals surface area contributed by atoms with Crippen LogP contribution in [-0.2, 0) is 6.54 Å². The SMILES string of the molecule is Nc1cn(Cc2cccc(Br)c2)nn1. The zero-order valence-corrected chi connectivity index (χ0v) is 8.98. The van der Waals surface area contributed by atoms with Gasteiger partial charge in [-0.3, -0.25) is 0 Å². The smallest absolute Gasteiger partial charge is 0.165 e. The molecule has 0 unspecified atom stereocenters. The van der Waals surface area contributed by atoms with Gasteiger partial charge in [0, 0.05) is 4.47 Å². The molecule has 2 aromatic rings. The zero-order chi connectivity index (χ0) is 9.97. The van der Waals surface area contributed by atoms with E-state index in [9.17, 15) is 0 Å². The Morgan fingerprint density at radius 1 is 1.43 bits per heavy atom. The second-order valence-electron chi connectivity index (χ2n) is 2.97. The van der Waals surface area contributed by atoms with E-state index in [1.165, 1.54) is 0 Å². The van der Waals surface area contributed by atoms with E-state index in [0.29, 0.717) is 12.4 Å². The number of nitrogens with two attached hydrogens (primary N) is 1. The number of aromatic nitrogens is 3. The van der Waals surface area contributed by atoms with Gasteiger partial charge in [-0.1, -0.05) is 33.3 Å². The largest absolute Gasteiger partial charge is 0.381 e. The number of hydrogen-bond donors (Lipinski definition) is 1. The maximum atomic E-state index is 5.46. The van der Waals surface area contributed by atoms with E-state index >= 15 is 0 Å². The first-order valence-electron chi connectivity index (χ1n) is 4.14. The van der Waals surface area contributed by atoms with Crippen molar-refractivity contribution < 1.29 is 0 Å². The van der Waals surface area contributed by atoms with Gasteiger partial charge in [-0.25, -0.2) is 4.68 Å². The highest BCUT2D eigenvalue weighted by Gasteiger charge is 1.98. The van der Waals surface area contributed by atoms with Gasteiger partial charge in [-0.2, -0.15) is 0 Å². The molecule has 0 fully saturated rings. The van der Waals surface area contributed by atoms with Crippen LogP contribution in [0.5, 0.6) is 0 Å². The van der Waals surface area contributed by atoms with E-state index in [1.807, 2.05) is 24.3 Å². The normalized spacial score (nSPS) is 10.4. The van der Waals surface area contributed by atoms with Gasteiger partial charge in [0.15, 0.2) is 5.82 Å². The molecule has 0 bridgehead atoms. The molecule has 0 amide bonds. The summed E-state index contributed by atoms with van der Waals surface area (Å²) in [6.45, 7) is 0.684. The van der Waals surface area contributed by atoms with Crippen LogP contribution in [0.1, 0.15) is 5.56 Å². The van der Waals surface area contributed by atoms with Crippen molar-refractivity contribution in [3.05, 3.63) is 40.5 Å². The monoisotopic (exact) mass is 252 g/mol. The Bertz CT molecular complexity index is 438. The lowest BCUT2D eigenvalue weighted by Gasteiger charge is -2.00. The summed E-state index contributed by atoms with van der Waals surface area (Å²) >= 11 is 3.41. The van der Waals surface area contributed by atoms with E-state index in [4.69, 9.17) is 5.73 Å². The first-order chi connectivity index (χ1) is 6.74. The van der Waals surface area contributed by atoms with Crippen molar-refractivity contribution in [2.24, 2.45) is 0 Å². The summed E-state index contributed by atoms with van der Waals surface area (Å²) in [4.78, 5) is 0. The lowest BCUT2D eigenvalue weighted by Crippen LogP contribution is -2.00. The summed E-state index contributed by atoms with van der Waals surface area (Å²) in [6, 6.07) is 8.04. The lowest BCUT2D eigenvalue weighted by molar-refractivity contribution is 0.649. The van der Waals surface area contributed by atoms with Crippen LogP contribution in [0, 0.1) is 0 Å². The Morgan fingerprint density at radius 3 is 2.93 bits per heavy atom. The molecule has 1 aromatic carbocycles. The Hall–Kier alpha value is -1.36. The van der Waals surface area contributed by atoms with Crippen molar-refractivity contribution in [2.75, 3.05) is 5.73 Å². The third-order valence-electron chi connectivity index (χ3n) is 1.79. The average molecular weight is 253 g/mol. The van der Waals surface area contributed by atoms with Gasteiger partial charge in [0.1, 0.15) is 0 Å². The van der Waals surface area contributed by atoms with Crippen molar-refractivity contribution >= 4 is 21.7 Å². The Balaban J connectivity index is 2.18. The molecule has 2 N–H and O–H groups in total. The van der Waals surface area contributed by atoms with E-state index in [-0.39, 0.29) is 0 Å². The topological polar surface area (TPSA) is 56.7 Å². The summed E-state index contributed by atoms with van der Waals surface area (Å²) in [5.74, 6) is 0.444. The molecule has 14 heavy (non-hydrogen) atoms. The first kappa shape index (κ1) is 9.21. The summed E-state index contributed by atoms with van der Waals surface area (Å²) in [5.41, 5.74) is 6.62. The minimum absolute atomic E-state index is 0.444. The minimum atomic E-state index is 0.444. The molecule has 0 aliphatic rings.